The first-order chi connectivity index (χ1) is 8.22. The maximum atomic E-state index is 5.77. The van der Waals surface area contributed by atoms with E-state index >= 15 is 0 Å². The van der Waals surface area contributed by atoms with E-state index in [-0.39, 0.29) is 0 Å². The Bertz CT molecular complexity index is 366. The van der Waals surface area contributed by atoms with Crippen molar-refractivity contribution in [2.24, 2.45) is 5.73 Å². The first kappa shape index (κ1) is 12.3. The van der Waals surface area contributed by atoms with Crippen LogP contribution in [0.3, 0.4) is 0 Å². The Labute approximate surface area is 103 Å². The van der Waals surface area contributed by atoms with Gasteiger partial charge in [-0.3, -0.25) is 4.98 Å². The Morgan fingerprint density at radius 2 is 2.41 bits per heavy atom. The van der Waals surface area contributed by atoms with Crippen molar-refractivity contribution in [2.45, 2.75) is 25.4 Å². The lowest BCUT2D eigenvalue weighted by molar-refractivity contribution is 0.248. The van der Waals surface area contributed by atoms with E-state index in [1.54, 1.807) is 0 Å². The number of nitrogens with two attached hydrogens (primary N) is 1. The number of pyridine rings is 1. The number of aromatic nitrogens is 1. The van der Waals surface area contributed by atoms with Gasteiger partial charge in [-0.2, -0.15) is 0 Å². The lowest BCUT2D eigenvalue weighted by Gasteiger charge is -2.37. The molecule has 4 heteroatoms. The van der Waals surface area contributed by atoms with Crippen molar-refractivity contribution >= 4 is 5.69 Å². The molecule has 1 fully saturated rings. The van der Waals surface area contributed by atoms with Gasteiger partial charge in [-0.05, 0) is 32.5 Å². The molecule has 0 aliphatic carbocycles. The second kappa shape index (κ2) is 5.47. The highest BCUT2D eigenvalue weighted by molar-refractivity contribution is 5.52. The first-order valence-corrected chi connectivity index (χ1v) is 6.26. The van der Waals surface area contributed by atoms with Gasteiger partial charge in [0.2, 0.25) is 0 Å². The molecule has 1 aromatic heterocycles. The number of likely N-dealkylation sites (tertiary alicyclic amines) is 1. The van der Waals surface area contributed by atoms with Gasteiger partial charge >= 0.3 is 0 Å². The average molecular weight is 234 g/mol. The highest BCUT2D eigenvalue weighted by Gasteiger charge is 2.22. The summed E-state index contributed by atoms with van der Waals surface area (Å²) in [6.07, 6.45) is 6.25. The number of hydrogen-bond donors (Lipinski definition) is 1. The van der Waals surface area contributed by atoms with Gasteiger partial charge in [0.25, 0.3) is 0 Å². The van der Waals surface area contributed by atoms with E-state index in [1.165, 1.54) is 25.1 Å². The molecule has 1 aliphatic heterocycles. The highest BCUT2D eigenvalue weighted by Crippen LogP contribution is 2.23. The Hall–Kier alpha value is -1.13. The third-order valence-electron chi connectivity index (χ3n) is 3.63. The van der Waals surface area contributed by atoms with Gasteiger partial charge in [-0.1, -0.05) is 0 Å². The molecule has 1 aromatic rings. The smallest absolute Gasteiger partial charge is 0.0443 e. The number of nitrogens with zero attached hydrogens (tertiary/aromatic N) is 3. The van der Waals surface area contributed by atoms with Crippen LogP contribution in [0.2, 0.25) is 0 Å². The number of anilines is 1. The van der Waals surface area contributed by atoms with Gasteiger partial charge in [0, 0.05) is 49.8 Å². The van der Waals surface area contributed by atoms with Crippen molar-refractivity contribution in [2.75, 3.05) is 32.1 Å². The molecule has 2 rings (SSSR count). The summed E-state index contributed by atoms with van der Waals surface area (Å²) in [6.45, 7) is 2.89. The molecule has 1 saturated heterocycles. The Balaban J connectivity index is 2.15. The second-order valence-electron chi connectivity index (χ2n) is 4.88. The molecule has 2 heterocycles. The van der Waals surface area contributed by atoms with Crippen LogP contribution in [0.5, 0.6) is 0 Å². The predicted molar refractivity (Wildman–Crippen MR) is 71.1 cm³/mol. The van der Waals surface area contributed by atoms with E-state index in [0.29, 0.717) is 12.6 Å². The summed E-state index contributed by atoms with van der Waals surface area (Å²) in [5.74, 6) is 0. The summed E-state index contributed by atoms with van der Waals surface area (Å²) in [6, 6.07) is 2.65. The molecule has 0 bridgehead atoms. The van der Waals surface area contributed by atoms with Crippen molar-refractivity contribution in [1.82, 2.24) is 9.88 Å². The maximum absolute atomic E-state index is 5.77. The van der Waals surface area contributed by atoms with Crippen LogP contribution in [0.1, 0.15) is 18.4 Å². The van der Waals surface area contributed by atoms with Crippen LogP contribution in [-0.4, -0.2) is 43.1 Å². The molecule has 0 amide bonds. The Kier molecular flexibility index (Phi) is 3.97. The molecule has 0 saturated carbocycles. The van der Waals surface area contributed by atoms with E-state index in [0.717, 1.165) is 12.1 Å². The zero-order valence-electron chi connectivity index (χ0n) is 10.8. The number of likely N-dealkylation sites (N-methyl/N-ethyl adjacent to an activating group) is 2. The molecular weight excluding hydrogens is 212 g/mol. The third-order valence-corrected chi connectivity index (χ3v) is 3.63. The quantitative estimate of drug-likeness (QED) is 0.850. The van der Waals surface area contributed by atoms with Crippen LogP contribution in [0.25, 0.3) is 0 Å². The lowest BCUT2D eigenvalue weighted by atomic mass is 10.0. The second-order valence-corrected chi connectivity index (χ2v) is 4.88. The fourth-order valence-corrected chi connectivity index (χ4v) is 2.57. The van der Waals surface area contributed by atoms with Gasteiger partial charge in [0.1, 0.15) is 0 Å². The monoisotopic (exact) mass is 234 g/mol. The first-order valence-electron chi connectivity index (χ1n) is 6.26. The van der Waals surface area contributed by atoms with Crippen molar-refractivity contribution in [3.05, 3.63) is 24.0 Å². The molecule has 1 aliphatic rings. The van der Waals surface area contributed by atoms with E-state index < -0.39 is 0 Å². The molecule has 1 atom stereocenters. The summed E-state index contributed by atoms with van der Waals surface area (Å²) in [4.78, 5) is 8.90. The zero-order valence-corrected chi connectivity index (χ0v) is 10.8. The van der Waals surface area contributed by atoms with Crippen molar-refractivity contribution in [1.29, 1.82) is 0 Å². The highest BCUT2D eigenvalue weighted by atomic mass is 15.2. The molecule has 1 unspecified atom stereocenters. The van der Waals surface area contributed by atoms with Crippen LogP contribution >= 0.6 is 0 Å². The van der Waals surface area contributed by atoms with Gasteiger partial charge in [-0.15, -0.1) is 0 Å². The minimum Gasteiger partial charge on any atom is -0.370 e. The fourth-order valence-electron chi connectivity index (χ4n) is 2.57. The Morgan fingerprint density at radius 1 is 1.59 bits per heavy atom. The average Bonchev–Trinajstić information content (AvgIpc) is 2.38. The fraction of sp³-hybridized carbons (Fsp3) is 0.615. The summed E-state index contributed by atoms with van der Waals surface area (Å²) < 4.78 is 0. The van der Waals surface area contributed by atoms with Crippen molar-refractivity contribution in [3.63, 3.8) is 0 Å². The topological polar surface area (TPSA) is 45.4 Å². The van der Waals surface area contributed by atoms with Crippen LogP contribution < -0.4 is 10.6 Å². The van der Waals surface area contributed by atoms with E-state index in [1.807, 2.05) is 12.4 Å². The molecule has 4 nitrogen and oxygen atoms in total. The minimum absolute atomic E-state index is 0.552. The standard InChI is InChI=1S/C13H22N4/c1-16-7-3-4-12(10-16)17(2)13-5-6-15-9-11(13)8-14/h5-6,9,12H,3-4,7-8,10,14H2,1-2H3. The largest absolute Gasteiger partial charge is 0.370 e. The third kappa shape index (κ3) is 2.76. The lowest BCUT2D eigenvalue weighted by Crippen LogP contribution is -2.45. The van der Waals surface area contributed by atoms with E-state index in [2.05, 4.69) is 34.9 Å². The van der Waals surface area contributed by atoms with Crippen LogP contribution in [-0.2, 0) is 6.54 Å². The molecule has 17 heavy (non-hydrogen) atoms. The summed E-state index contributed by atoms with van der Waals surface area (Å²) >= 11 is 0. The van der Waals surface area contributed by atoms with Crippen molar-refractivity contribution < 1.29 is 0 Å². The predicted octanol–water partition coefficient (Wildman–Crippen LogP) is 1.07. The van der Waals surface area contributed by atoms with Crippen molar-refractivity contribution in [3.8, 4) is 0 Å². The Morgan fingerprint density at radius 3 is 3.12 bits per heavy atom. The number of piperidine rings is 1. The zero-order chi connectivity index (χ0) is 12.3. The summed E-state index contributed by atoms with van der Waals surface area (Å²) in [5.41, 5.74) is 8.12. The van der Waals surface area contributed by atoms with E-state index in [4.69, 9.17) is 5.73 Å². The van der Waals surface area contributed by atoms with Gasteiger partial charge in [-0.25, -0.2) is 0 Å². The summed E-state index contributed by atoms with van der Waals surface area (Å²) in [7, 11) is 4.36. The summed E-state index contributed by atoms with van der Waals surface area (Å²) in [5, 5.41) is 0. The normalized spacial score (nSPS) is 21.5. The molecule has 94 valence electrons. The van der Waals surface area contributed by atoms with Crippen LogP contribution in [0, 0.1) is 0 Å². The molecule has 0 spiro atoms. The SMILES string of the molecule is CN1CCCC(N(C)c2ccncc2CN)C1. The van der Waals surface area contributed by atoms with Crippen LogP contribution in [0.4, 0.5) is 5.69 Å². The molecule has 0 radical (unpaired) electrons. The van der Waals surface area contributed by atoms with Gasteiger partial charge in [0.15, 0.2) is 0 Å². The maximum Gasteiger partial charge on any atom is 0.0443 e. The molecule has 2 N–H and O–H groups in total. The van der Waals surface area contributed by atoms with E-state index in [9.17, 15) is 0 Å². The minimum atomic E-state index is 0.552. The van der Waals surface area contributed by atoms with Crippen LogP contribution in [0.15, 0.2) is 18.5 Å². The van der Waals surface area contributed by atoms with Gasteiger partial charge in [0.05, 0.1) is 0 Å². The molecular formula is C13H22N4. The molecule has 0 aromatic carbocycles. The number of hydrogen-bond acceptors (Lipinski definition) is 4. The number of rotatable bonds is 3. The van der Waals surface area contributed by atoms with Gasteiger partial charge < -0.3 is 15.5 Å².